The second kappa shape index (κ2) is 6.60. The normalized spacial score (nSPS) is 25.3. The van der Waals surface area contributed by atoms with Crippen molar-refractivity contribution in [3.8, 4) is 11.5 Å². The standard InChI is InChI=1S/C22H23NO3/c1-14-4-3-5-18(12-14)26-17-9-7-16(8-10-17)23-21(24)19-11-6-15(2)13-20(19)22(23)25/h3-5,7-10,12,15,19-20H,6,11,13H2,1-2H3/t15-,19-,20+/m0/s1. The summed E-state index contributed by atoms with van der Waals surface area (Å²) >= 11 is 0. The third-order valence-corrected chi connectivity index (χ3v) is 5.51. The molecule has 4 nitrogen and oxygen atoms in total. The summed E-state index contributed by atoms with van der Waals surface area (Å²) in [5.41, 5.74) is 1.77. The number of benzene rings is 2. The largest absolute Gasteiger partial charge is 0.457 e. The Kier molecular flexibility index (Phi) is 4.27. The molecule has 0 N–H and O–H groups in total. The van der Waals surface area contributed by atoms with Gasteiger partial charge < -0.3 is 4.74 Å². The van der Waals surface area contributed by atoms with Gasteiger partial charge >= 0.3 is 0 Å². The minimum absolute atomic E-state index is 0.0424. The maximum absolute atomic E-state index is 12.8. The molecule has 1 heterocycles. The maximum atomic E-state index is 12.8. The first-order chi connectivity index (χ1) is 12.5. The second-order valence-electron chi connectivity index (χ2n) is 7.56. The Morgan fingerprint density at radius 3 is 2.38 bits per heavy atom. The van der Waals surface area contributed by atoms with E-state index in [-0.39, 0.29) is 23.7 Å². The number of rotatable bonds is 3. The smallest absolute Gasteiger partial charge is 0.237 e. The lowest BCUT2D eigenvalue weighted by molar-refractivity contribution is -0.122. The van der Waals surface area contributed by atoms with Crippen molar-refractivity contribution in [3.63, 3.8) is 0 Å². The lowest BCUT2D eigenvalue weighted by Crippen LogP contribution is -2.30. The van der Waals surface area contributed by atoms with Crippen molar-refractivity contribution < 1.29 is 14.3 Å². The summed E-state index contributed by atoms with van der Waals surface area (Å²) in [6.45, 7) is 4.18. The van der Waals surface area contributed by atoms with Crippen molar-refractivity contribution in [2.45, 2.75) is 33.1 Å². The zero-order valence-electron chi connectivity index (χ0n) is 15.1. The van der Waals surface area contributed by atoms with Crippen molar-refractivity contribution >= 4 is 17.5 Å². The Labute approximate surface area is 153 Å². The van der Waals surface area contributed by atoms with Crippen LogP contribution in [-0.4, -0.2) is 11.8 Å². The molecule has 1 aliphatic carbocycles. The molecular weight excluding hydrogens is 326 g/mol. The zero-order chi connectivity index (χ0) is 18.3. The van der Waals surface area contributed by atoms with Crippen LogP contribution in [0, 0.1) is 24.7 Å². The van der Waals surface area contributed by atoms with Crippen LogP contribution in [0.4, 0.5) is 5.69 Å². The third kappa shape index (κ3) is 3.00. The Morgan fingerprint density at radius 1 is 0.923 bits per heavy atom. The molecule has 2 aliphatic rings. The van der Waals surface area contributed by atoms with Crippen molar-refractivity contribution in [3.05, 3.63) is 54.1 Å². The molecule has 0 spiro atoms. The quantitative estimate of drug-likeness (QED) is 0.754. The first kappa shape index (κ1) is 16.8. The molecule has 1 saturated carbocycles. The summed E-state index contributed by atoms with van der Waals surface area (Å²) in [5.74, 6) is 1.60. The highest BCUT2D eigenvalue weighted by atomic mass is 16.5. The fourth-order valence-electron chi connectivity index (χ4n) is 4.12. The van der Waals surface area contributed by atoms with Crippen LogP contribution in [0.25, 0.3) is 0 Å². The van der Waals surface area contributed by atoms with Crippen LogP contribution < -0.4 is 9.64 Å². The van der Waals surface area contributed by atoms with Gasteiger partial charge in [-0.1, -0.05) is 19.1 Å². The summed E-state index contributed by atoms with van der Waals surface area (Å²) in [6.07, 6.45) is 2.67. The number of carbonyl (C=O) groups excluding carboxylic acids is 2. The van der Waals surface area contributed by atoms with E-state index in [1.54, 1.807) is 12.1 Å². The van der Waals surface area contributed by atoms with Crippen LogP contribution in [0.2, 0.25) is 0 Å². The molecule has 1 saturated heterocycles. The molecule has 2 aromatic rings. The summed E-state index contributed by atoms with van der Waals surface area (Å²) in [5, 5.41) is 0. The van der Waals surface area contributed by atoms with E-state index < -0.39 is 0 Å². The molecule has 2 fully saturated rings. The monoisotopic (exact) mass is 349 g/mol. The van der Waals surface area contributed by atoms with Crippen LogP contribution in [0.5, 0.6) is 11.5 Å². The van der Waals surface area contributed by atoms with Gasteiger partial charge in [0.05, 0.1) is 17.5 Å². The molecular formula is C22H23NO3. The van der Waals surface area contributed by atoms with Gasteiger partial charge in [0.2, 0.25) is 11.8 Å². The molecule has 1 aliphatic heterocycles. The first-order valence-electron chi connectivity index (χ1n) is 9.25. The molecule has 0 bridgehead atoms. The van der Waals surface area contributed by atoms with Gasteiger partial charge in [-0.2, -0.15) is 0 Å². The van der Waals surface area contributed by atoms with E-state index in [2.05, 4.69) is 6.92 Å². The number of anilines is 1. The molecule has 2 amide bonds. The van der Waals surface area contributed by atoms with E-state index in [0.717, 1.165) is 30.6 Å². The minimum Gasteiger partial charge on any atom is -0.457 e. The molecule has 3 atom stereocenters. The summed E-state index contributed by atoms with van der Waals surface area (Å²) < 4.78 is 5.85. The highest BCUT2D eigenvalue weighted by Gasteiger charge is 2.49. The highest BCUT2D eigenvalue weighted by molar-refractivity contribution is 6.22. The van der Waals surface area contributed by atoms with Crippen molar-refractivity contribution in [1.82, 2.24) is 0 Å². The lowest BCUT2D eigenvalue weighted by atomic mass is 9.76. The van der Waals surface area contributed by atoms with Crippen LogP contribution >= 0.6 is 0 Å². The van der Waals surface area contributed by atoms with Gasteiger partial charge in [0.1, 0.15) is 11.5 Å². The van der Waals surface area contributed by atoms with E-state index in [4.69, 9.17) is 4.74 Å². The Balaban J connectivity index is 1.53. The van der Waals surface area contributed by atoms with E-state index in [1.165, 1.54) is 4.90 Å². The van der Waals surface area contributed by atoms with Gasteiger partial charge in [-0.05, 0) is 74.1 Å². The number of hydrogen-bond donors (Lipinski definition) is 0. The molecule has 26 heavy (non-hydrogen) atoms. The van der Waals surface area contributed by atoms with Crippen LogP contribution in [-0.2, 0) is 9.59 Å². The van der Waals surface area contributed by atoms with E-state index in [1.807, 2.05) is 43.3 Å². The van der Waals surface area contributed by atoms with E-state index in [0.29, 0.717) is 17.4 Å². The Morgan fingerprint density at radius 2 is 1.65 bits per heavy atom. The number of imide groups is 1. The van der Waals surface area contributed by atoms with Gasteiger partial charge in [-0.3, -0.25) is 14.5 Å². The van der Waals surface area contributed by atoms with Gasteiger partial charge in [0.15, 0.2) is 0 Å². The average Bonchev–Trinajstić information content (AvgIpc) is 2.86. The first-order valence-corrected chi connectivity index (χ1v) is 9.25. The van der Waals surface area contributed by atoms with Gasteiger partial charge in [0, 0.05) is 0 Å². The number of carbonyl (C=O) groups is 2. The number of ether oxygens (including phenoxy) is 1. The molecule has 0 unspecified atom stereocenters. The Bertz CT molecular complexity index is 843. The summed E-state index contributed by atoms with van der Waals surface area (Å²) in [7, 11) is 0. The third-order valence-electron chi connectivity index (χ3n) is 5.51. The summed E-state index contributed by atoms with van der Waals surface area (Å²) in [4.78, 5) is 26.9. The number of fused-ring (bicyclic) bond motifs is 1. The minimum atomic E-state index is -0.144. The van der Waals surface area contributed by atoms with E-state index >= 15 is 0 Å². The predicted octanol–water partition coefficient (Wildman–Crippen LogP) is 4.71. The number of hydrogen-bond acceptors (Lipinski definition) is 3. The molecule has 0 radical (unpaired) electrons. The topological polar surface area (TPSA) is 46.6 Å². The van der Waals surface area contributed by atoms with Crippen LogP contribution in [0.1, 0.15) is 31.7 Å². The maximum Gasteiger partial charge on any atom is 0.237 e. The highest BCUT2D eigenvalue weighted by Crippen LogP contribution is 2.42. The second-order valence-corrected chi connectivity index (χ2v) is 7.56. The van der Waals surface area contributed by atoms with Gasteiger partial charge in [0.25, 0.3) is 0 Å². The van der Waals surface area contributed by atoms with Crippen molar-refractivity contribution in [2.75, 3.05) is 4.90 Å². The SMILES string of the molecule is Cc1cccc(Oc2ccc(N3C(=O)[C@H]4CC[C@H](C)C[C@H]4C3=O)cc2)c1. The average molecular weight is 349 g/mol. The Hall–Kier alpha value is -2.62. The summed E-state index contributed by atoms with van der Waals surface area (Å²) in [6, 6.07) is 15.0. The van der Waals surface area contributed by atoms with E-state index in [9.17, 15) is 9.59 Å². The van der Waals surface area contributed by atoms with Crippen molar-refractivity contribution in [1.29, 1.82) is 0 Å². The predicted molar refractivity (Wildman–Crippen MR) is 100 cm³/mol. The van der Waals surface area contributed by atoms with Gasteiger partial charge in [-0.15, -0.1) is 0 Å². The number of nitrogens with zero attached hydrogens (tertiary/aromatic N) is 1. The molecule has 0 aromatic heterocycles. The molecule has 4 heteroatoms. The fourth-order valence-corrected chi connectivity index (χ4v) is 4.12. The molecule has 134 valence electrons. The zero-order valence-corrected chi connectivity index (χ0v) is 15.1. The van der Waals surface area contributed by atoms with Gasteiger partial charge in [-0.25, -0.2) is 0 Å². The van der Waals surface area contributed by atoms with Crippen LogP contribution in [0.15, 0.2) is 48.5 Å². The number of aryl methyl sites for hydroxylation is 1. The lowest BCUT2D eigenvalue weighted by Gasteiger charge is -2.25. The fraction of sp³-hybridized carbons (Fsp3) is 0.364. The van der Waals surface area contributed by atoms with Crippen molar-refractivity contribution in [2.24, 2.45) is 17.8 Å². The van der Waals surface area contributed by atoms with Crippen LogP contribution in [0.3, 0.4) is 0 Å². The molecule has 2 aromatic carbocycles. The number of amides is 2. The molecule has 4 rings (SSSR count).